The number of nitrogens with zero attached hydrogens (tertiary/aromatic N) is 3. The molecule has 2 aromatic heterocycles. The molecule has 16 heavy (non-hydrogen) atoms. The van der Waals surface area contributed by atoms with Crippen molar-refractivity contribution in [2.24, 2.45) is 0 Å². The highest BCUT2D eigenvalue weighted by Crippen LogP contribution is 2.10. The first-order valence-corrected chi connectivity index (χ1v) is 6.30. The fraction of sp³-hybridized carbons (Fsp3) is 0.455. The molecule has 1 N–H and O–H groups in total. The van der Waals surface area contributed by atoms with Crippen molar-refractivity contribution in [1.29, 1.82) is 0 Å². The van der Waals surface area contributed by atoms with Gasteiger partial charge in [-0.25, -0.2) is 4.98 Å². The lowest BCUT2D eigenvalue weighted by Gasteiger charge is -1.97. The molecule has 0 aromatic carbocycles. The van der Waals surface area contributed by atoms with Crippen molar-refractivity contribution in [3.8, 4) is 0 Å². The Morgan fingerprint density at radius 1 is 1.50 bits per heavy atom. The van der Waals surface area contributed by atoms with Crippen LogP contribution in [0.2, 0.25) is 0 Å². The van der Waals surface area contributed by atoms with E-state index in [1.54, 1.807) is 11.3 Å². The maximum absolute atomic E-state index is 4.55. The van der Waals surface area contributed by atoms with E-state index >= 15 is 0 Å². The molecule has 0 aliphatic carbocycles. The van der Waals surface area contributed by atoms with Crippen LogP contribution in [0.3, 0.4) is 0 Å². The summed E-state index contributed by atoms with van der Waals surface area (Å²) in [7, 11) is 0. The van der Waals surface area contributed by atoms with Gasteiger partial charge in [-0.2, -0.15) is 5.10 Å². The molecule has 4 nitrogen and oxygen atoms in total. The van der Waals surface area contributed by atoms with Crippen molar-refractivity contribution in [3.05, 3.63) is 34.0 Å². The second-order valence-electron chi connectivity index (χ2n) is 3.67. The van der Waals surface area contributed by atoms with E-state index in [9.17, 15) is 0 Å². The van der Waals surface area contributed by atoms with Crippen LogP contribution in [0.15, 0.2) is 17.6 Å². The third-order valence-corrected chi connectivity index (χ3v) is 3.12. The Balaban J connectivity index is 1.97. The van der Waals surface area contributed by atoms with Crippen LogP contribution < -0.4 is 5.32 Å². The molecule has 2 heterocycles. The van der Waals surface area contributed by atoms with E-state index in [1.807, 2.05) is 23.9 Å². The minimum Gasteiger partial charge on any atom is -0.311 e. The van der Waals surface area contributed by atoms with E-state index in [1.165, 1.54) is 0 Å². The van der Waals surface area contributed by atoms with E-state index in [-0.39, 0.29) is 0 Å². The quantitative estimate of drug-likeness (QED) is 0.861. The van der Waals surface area contributed by atoms with Crippen molar-refractivity contribution in [1.82, 2.24) is 20.1 Å². The van der Waals surface area contributed by atoms with Gasteiger partial charge in [0.25, 0.3) is 0 Å². The van der Waals surface area contributed by atoms with Crippen molar-refractivity contribution in [2.45, 2.75) is 26.9 Å². The summed E-state index contributed by atoms with van der Waals surface area (Å²) in [6.07, 6.45) is 1.98. The number of rotatable bonds is 5. The van der Waals surface area contributed by atoms with Crippen LogP contribution >= 0.6 is 11.3 Å². The van der Waals surface area contributed by atoms with Gasteiger partial charge in [0.1, 0.15) is 5.01 Å². The molecule has 0 atom stereocenters. The summed E-state index contributed by atoms with van der Waals surface area (Å²) in [6.45, 7) is 6.69. The van der Waals surface area contributed by atoms with Gasteiger partial charge in [-0.15, -0.1) is 11.3 Å². The first-order valence-electron chi connectivity index (χ1n) is 5.42. The predicted octanol–water partition coefficient (Wildman–Crippen LogP) is 1.81. The summed E-state index contributed by atoms with van der Waals surface area (Å²) in [6, 6.07) is 2.01. The van der Waals surface area contributed by atoms with Gasteiger partial charge in [-0.05, 0) is 19.5 Å². The largest absolute Gasteiger partial charge is 0.311 e. The van der Waals surface area contributed by atoms with E-state index in [4.69, 9.17) is 0 Å². The Morgan fingerprint density at radius 3 is 3.06 bits per heavy atom. The summed E-state index contributed by atoms with van der Waals surface area (Å²) >= 11 is 1.70. The molecular formula is C11H16N4S. The smallest absolute Gasteiger partial charge is 0.107 e. The minimum absolute atomic E-state index is 0.760. The maximum atomic E-state index is 4.55. The molecule has 86 valence electrons. The van der Waals surface area contributed by atoms with Crippen LogP contribution in [0.25, 0.3) is 0 Å². The molecule has 2 aromatic rings. The molecule has 0 spiro atoms. The SMILES string of the molecule is CCNCc1nc(Cn2ccc(C)n2)cs1. The van der Waals surface area contributed by atoms with Crippen LogP contribution in [0.1, 0.15) is 23.3 Å². The fourth-order valence-corrected chi connectivity index (χ4v) is 2.21. The van der Waals surface area contributed by atoms with Gasteiger partial charge in [0.2, 0.25) is 0 Å². The van der Waals surface area contributed by atoms with Gasteiger partial charge in [-0.1, -0.05) is 6.92 Å². The maximum Gasteiger partial charge on any atom is 0.107 e. The Kier molecular flexibility index (Phi) is 3.69. The van der Waals surface area contributed by atoms with Crippen LogP contribution in [-0.4, -0.2) is 21.3 Å². The normalized spacial score (nSPS) is 10.9. The van der Waals surface area contributed by atoms with Crippen LogP contribution in [0.5, 0.6) is 0 Å². The number of thiazole rings is 1. The van der Waals surface area contributed by atoms with E-state index in [0.29, 0.717) is 0 Å². The van der Waals surface area contributed by atoms with E-state index in [2.05, 4.69) is 27.7 Å². The number of nitrogens with one attached hydrogen (secondary N) is 1. The second kappa shape index (κ2) is 5.23. The minimum atomic E-state index is 0.760. The fourth-order valence-electron chi connectivity index (χ4n) is 1.45. The summed E-state index contributed by atoms with van der Waals surface area (Å²) in [4.78, 5) is 4.55. The van der Waals surface area contributed by atoms with Gasteiger partial charge in [0.05, 0.1) is 17.9 Å². The summed E-state index contributed by atoms with van der Waals surface area (Å²) < 4.78 is 1.92. The highest BCUT2D eigenvalue weighted by molar-refractivity contribution is 7.09. The highest BCUT2D eigenvalue weighted by Gasteiger charge is 2.02. The van der Waals surface area contributed by atoms with Gasteiger partial charge < -0.3 is 5.32 Å². The van der Waals surface area contributed by atoms with Crippen molar-refractivity contribution in [3.63, 3.8) is 0 Å². The monoisotopic (exact) mass is 236 g/mol. The summed E-state index contributed by atoms with van der Waals surface area (Å²) in [5.41, 5.74) is 2.13. The molecule has 0 amide bonds. The molecule has 0 radical (unpaired) electrons. The molecule has 0 aliphatic rings. The third kappa shape index (κ3) is 2.90. The highest BCUT2D eigenvalue weighted by atomic mass is 32.1. The second-order valence-corrected chi connectivity index (χ2v) is 4.61. The average molecular weight is 236 g/mol. The Bertz CT molecular complexity index is 446. The van der Waals surface area contributed by atoms with Crippen LogP contribution in [0, 0.1) is 6.92 Å². The zero-order chi connectivity index (χ0) is 11.4. The summed E-state index contributed by atoms with van der Waals surface area (Å²) in [5, 5.41) is 10.9. The molecule has 0 fully saturated rings. The Labute approximate surface area is 99.3 Å². The van der Waals surface area contributed by atoms with Gasteiger partial charge >= 0.3 is 0 Å². The zero-order valence-corrected chi connectivity index (χ0v) is 10.4. The first kappa shape index (κ1) is 11.3. The third-order valence-electron chi connectivity index (χ3n) is 2.22. The average Bonchev–Trinajstić information content (AvgIpc) is 2.86. The number of hydrogen-bond donors (Lipinski definition) is 1. The lowest BCUT2D eigenvalue weighted by atomic mass is 10.5. The predicted molar refractivity (Wildman–Crippen MR) is 65.6 cm³/mol. The molecule has 0 unspecified atom stereocenters. The molecule has 5 heteroatoms. The van der Waals surface area contributed by atoms with E-state index in [0.717, 1.165) is 36.0 Å². The molecule has 0 aliphatic heterocycles. The molecule has 0 saturated heterocycles. The number of hydrogen-bond acceptors (Lipinski definition) is 4. The van der Waals surface area contributed by atoms with Crippen LogP contribution in [-0.2, 0) is 13.1 Å². The molecule has 2 rings (SSSR count). The van der Waals surface area contributed by atoms with Gasteiger partial charge in [0.15, 0.2) is 0 Å². The number of aromatic nitrogens is 3. The standard InChI is InChI=1S/C11H16N4S/c1-3-12-6-11-13-10(8-16-11)7-15-5-4-9(2)14-15/h4-5,8,12H,3,6-7H2,1-2H3. The van der Waals surface area contributed by atoms with Crippen LogP contribution in [0.4, 0.5) is 0 Å². The first-order chi connectivity index (χ1) is 7.78. The lowest BCUT2D eigenvalue weighted by Crippen LogP contribution is -2.11. The Morgan fingerprint density at radius 2 is 2.38 bits per heavy atom. The molecule has 0 bridgehead atoms. The van der Waals surface area contributed by atoms with Crippen molar-refractivity contribution >= 4 is 11.3 Å². The number of aryl methyl sites for hydroxylation is 1. The summed E-state index contributed by atoms with van der Waals surface area (Å²) in [5.74, 6) is 0. The van der Waals surface area contributed by atoms with Crippen molar-refractivity contribution < 1.29 is 0 Å². The van der Waals surface area contributed by atoms with E-state index < -0.39 is 0 Å². The lowest BCUT2D eigenvalue weighted by molar-refractivity contribution is 0.662. The zero-order valence-electron chi connectivity index (χ0n) is 9.60. The van der Waals surface area contributed by atoms with Crippen molar-refractivity contribution in [2.75, 3.05) is 6.54 Å². The topological polar surface area (TPSA) is 42.7 Å². The van der Waals surface area contributed by atoms with Gasteiger partial charge in [0, 0.05) is 18.1 Å². The Hall–Kier alpha value is -1.20. The molecular weight excluding hydrogens is 220 g/mol. The van der Waals surface area contributed by atoms with Gasteiger partial charge in [-0.3, -0.25) is 4.68 Å². The molecule has 0 saturated carbocycles.